The van der Waals surface area contributed by atoms with Crippen molar-refractivity contribution in [2.45, 2.75) is 46.5 Å². The number of carboxylic acid groups (broad SMARTS) is 1. The third kappa shape index (κ3) is 4.54. The Morgan fingerprint density at radius 2 is 2.21 bits per heavy atom. The van der Waals surface area contributed by atoms with Gasteiger partial charge >= 0.3 is 5.97 Å². The highest BCUT2D eigenvalue weighted by Gasteiger charge is 2.15. The first-order chi connectivity index (χ1) is 9.10. The van der Waals surface area contributed by atoms with Crippen LogP contribution in [0, 0.1) is 12.8 Å². The van der Waals surface area contributed by atoms with Crippen molar-refractivity contribution >= 4 is 11.8 Å². The summed E-state index contributed by atoms with van der Waals surface area (Å²) in [7, 11) is 0. The molecule has 1 atom stereocenters. The summed E-state index contributed by atoms with van der Waals surface area (Å²) < 4.78 is 0. The largest absolute Gasteiger partial charge is 0.478 e. The average molecular weight is 264 g/mol. The second kappa shape index (κ2) is 7.77. The van der Waals surface area contributed by atoms with Crippen LogP contribution in [0.3, 0.4) is 0 Å². The van der Waals surface area contributed by atoms with E-state index < -0.39 is 5.97 Å². The Hall–Kier alpha value is -1.58. The van der Waals surface area contributed by atoms with E-state index in [-0.39, 0.29) is 5.56 Å². The van der Waals surface area contributed by atoms with Gasteiger partial charge in [0.2, 0.25) is 0 Å². The molecule has 2 N–H and O–H groups in total. The predicted molar refractivity (Wildman–Crippen MR) is 77.7 cm³/mol. The minimum atomic E-state index is -0.922. The van der Waals surface area contributed by atoms with Crippen molar-refractivity contribution in [3.63, 3.8) is 0 Å². The predicted octanol–water partition coefficient (Wildman–Crippen LogP) is 3.72. The molecule has 1 aromatic rings. The van der Waals surface area contributed by atoms with Crippen molar-refractivity contribution < 1.29 is 9.90 Å². The molecule has 1 unspecified atom stereocenters. The van der Waals surface area contributed by atoms with Gasteiger partial charge < -0.3 is 10.4 Å². The van der Waals surface area contributed by atoms with Crippen LogP contribution >= 0.6 is 0 Å². The van der Waals surface area contributed by atoms with Crippen LogP contribution in [0.25, 0.3) is 0 Å². The summed E-state index contributed by atoms with van der Waals surface area (Å²) in [5.41, 5.74) is 1.03. The van der Waals surface area contributed by atoms with E-state index >= 15 is 0 Å². The molecule has 0 aromatic carbocycles. The number of hydrogen-bond donors (Lipinski definition) is 2. The molecule has 4 nitrogen and oxygen atoms in total. The van der Waals surface area contributed by atoms with E-state index in [0.29, 0.717) is 11.7 Å². The number of pyridine rings is 1. The standard InChI is InChI=1S/C15H24N2O2/c1-4-6-7-12(5-2)10-17-14-13(15(18)19)11(3)8-9-16-14/h8-9,12H,4-7,10H2,1-3H3,(H,16,17)(H,18,19). The van der Waals surface area contributed by atoms with Crippen molar-refractivity contribution in [1.82, 2.24) is 4.98 Å². The van der Waals surface area contributed by atoms with Crippen LogP contribution < -0.4 is 5.32 Å². The Balaban J connectivity index is 2.71. The number of hydrogen-bond acceptors (Lipinski definition) is 3. The van der Waals surface area contributed by atoms with E-state index in [1.54, 1.807) is 19.2 Å². The molecule has 106 valence electrons. The Morgan fingerprint density at radius 1 is 1.47 bits per heavy atom. The first-order valence-corrected chi connectivity index (χ1v) is 7.02. The number of aromatic nitrogens is 1. The van der Waals surface area contributed by atoms with Crippen molar-refractivity contribution in [3.8, 4) is 0 Å². The topological polar surface area (TPSA) is 62.2 Å². The smallest absolute Gasteiger partial charge is 0.339 e. The first-order valence-electron chi connectivity index (χ1n) is 7.02. The van der Waals surface area contributed by atoms with Gasteiger partial charge in [0, 0.05) is 12.7 Å². The number of unbranched alkanes of at least 4 members (excludes halogenated alkanes) is 1. The molecule has 0 saturated heterocycles. The lowest BCUT2D eigenvalue weighted by molar-refractivity contribution is 0.0697. The lowest BCUT2D eigenvalue weighted by Gasteiger charge is -2.17. The molecule has 0 aliphatic heterocycles. The number of aryl methyl sites for hydroxylation is 1. The maximum atomic E-state index is 11.2. The maximum Gasteiger partial charge on any atom is 0.339 e. The Bertz CT molecular complexity index is 419. The number of rotatable bonds is 8. The molecule has 1 aromatic heterocycles. The molecule has 0 bridgehead atoms. The molecule has 1 rings (SSSR count). The summed E-state index contributed by atoms with van der Waals surface area (Å²) in [6.07, 6.45) is 6.33. The Kier molecular flexibility index (Phi) is 6.33. The maximum absolute atomic E-state index is 11.2. The third-order valence-electron chi connectivity index (χ3n) is 3.47. The molecule has 0 saturated carbocycles. The minimum absolute atomic E-state index is 0.285. The zero-order chi connectivity index (χ0) is 14.3. The van der Waals surface area contributed by atoms with Crippen LogP contribution in [0.1, 0.15) is 55.5 Å². The van der Waals surface area contributed by atoms with E-state index in [4.69, 9.17) is 0 Å². The number of anilines is 1. The Labute approximate surface area is 115 Å². The second-order valence-electron chi connectivity index (χ2n) is 4.95. The fourth-order valence-corrected chi connectivity index (χ4v) is 2.15. The molecular weight excluding hydrogens is 240 g/mol. The molecule has 19 heavy (non-hydrogen) atoms. The number of nitrogens with one attached hydrogen (secondary N) is 1. The van der Waals surface area contributed by atoms with Crippen LogP contribution in [0.15, 0.2) is 12.3 Å². The first kappa shape index (κ1) is 15.5. The SMILES string of the molecule is CCCCC(CC)CNc1nccc(C)c1C(=O)O. The highest BCUT2D eigenvalue weighted by molar-refractivity contribution is 5.94. The lowest BCUT2D eigenvalue weighted by atomic mass is 9.99. The van der Waals surface area contributed by atoms with Gasteiger partial charge in [-0.2, -0.15) is 0 Å². The summed E-state index contributed by atoms with van der Waals surface area (Å²) in [6, 6.07) is 1.73. The van der Waals surface area contributed by atoms with Gasteiger partial charge in [0.25, 0.3) is 0 Å². The molecule has 0 amide bonds. The fourth-order valence-electron chi connectivity index (χ4n) is 2.15. The fraction of sp³-hybridized carbons (Fsp3) is 0.600. The number of carboxylic acids is 1. The summed E-state index contributed by atoms with van der Waals surface area (Å²) in [4.78, 5) is 15.4. The van der Waals surface area contributed by atoms with E-state index in [1.807, 2.05) is 0 Å². The molecule has 0 aliphatic rings. The summed E-state index contributed by atoms with van der Waals surface area (Å²) in [5.74, 6) is 0.140. The van der Waals surface area contributed by atoms with Crippen LogP contribution in [-0.2, 0) is 0 Å². The molecule has 0 radical (unpaired) electrons. The van der Waals surface area contributed by atoms with Crippen LogP contribution in [0.4, 0.5) is 5.82 Å². The molecule has 4 heteroatoms. The van der Waals surface area contributed by atoms with E-state index in [9.17, 15) is 9.90 Å². The molecule has 0 fully saturated rings. The van der Waals surface area contributed by atoms with E-state index in [2.05, 4.69) is 24.1 Å². The van der Waals surface area contributed by atoms with Crippen molar-refractivity contribution in [2.24, 2.45) is 5.92 Å². The van der Waals surface area contributed by atoms with Gasteiger partial charge in [-0.15, -0.1) is 0 Å². The second-order valence-corrected chi connectivity index (χ2v) is 4.95. The zero-order valence-corrected chi connectivity index (χ0v) is 12.1. The van der Waals surface area contributed by atoms with E-state index in [0.717, 1.165) is 18.5 Å². The van der Waals surface area contributed by atoms with Crippen LogP contribution in [0.2, 0.25) is 0 Å². The summed E-state index contributed by atoms with van der Waals surface area (Å²) in [5, 5.41) is 12.4. The highest BCUT2D eigenvalue weighted by atomic mass is 16.4. The van der Waals surface area contributed by atoms with Crippen LogP contribution in [0.5, 0.6) is 0 Å². The number of carbonyl (C=O) groups is 1. The molecular formula is C15H24N2O2. The summed E-state index contributed by atoms with van der Waals surface area (Å²) >= 11 is 0. The van der Waals surface area contributed by atoms with Gasteiger partial charge in [0.05, 0.1) is 0 Å². The van der Waals surface area contributed by atoms with Crippen LogP contribution in [-0.4, -0.2) is 22.6 Å². The average Bonchev–Trinajstić information content (AvgIpc) is 2.38. The summed E-state index contributed by atoms with van der Waals surface area (Å²) in [6.45, 7) is 6.94. The zero-order valence-electron chi connectivity index (χ0n) is 12.1. The molecule has 0 aliphatic carbocycles. The quantitative estimate of drug-likeness (QED) is 0.751. The monoisotopic (exact) mass is 264 g/mol. The van der Waals surface area contributed by atoms with Gasteiger partial charge in [-0.25, -0.2) is 9.78 Å². The van der Waals surface area contributed by atoms with Crippen molar-refractivity contribution in [1.29, 1.82) is 0 Å². The third-order valence-corrected chi connectivity index (χ3v) is 3.47. The number of nitrogens with zero attached hydrogens (tertiary/aromatic N) is 1. The van der Waals surface area contributed by atoms with Crippen molar-refractivity contribution in [3.05, 3.63) is 23.4 Å². The minimum Gasteiger partial charge on any atom is -0.478 e. The van der Waals surface area contributed by atoms with E-state index in [1.165, 1.54) is 19.3 Å². The Morgan fingerprint density at radius 3 is 2.79 bits per heavy atom. The normalized spacial score (nSPS) is 12.2. The highest BCUT2D eigenvalue weighted by Crippen LogP contribution is 2.19. The molecule has 0 spiro atoms. The number of aromatic carboxylic acids is 1. The van der Waals surface area contributed by atoms with Gasteiger partial charge in [-0.1, -0.05) is 33.1 Å². The lowest BCUT2D eigenvalue weighted by Crippen LogP contribution is -2.17. The molecule has 1 heterocycles. The van der Waals surface area contributed by atoms with Gasteiger partial charge in [-0.3, -0.25) is 0 Å². The van der Waals surface area contributed by atoms with Gasteiger partial charge in [0.1, 0.15) is 11.4 Å². The van der Waals surface area contributed by atoms with Gasteiger partial charge in [-0.05, 0) is 30.9 Å². The van der Waals surface area contributed by atoms with Gasteiger partial charge in [0.15, 0.2) is 0 Å². The van der Waals surface area contributed by atoms with Crippen molar-refractivity contribution in [2.75, 3.05) is 11.9 Å².